The van der Waals surface area contributed by atoms with Gasteiger partial charge in [-0.05, 0) is 6.26 Å². The van der Waals surface area contributed by atoms with Gasteiger partial charge in [0.2, 0.25) is 0 Å². The van der Waals surface area contributed by atoms with Gasteiger partial charge in [0.15, 0.2) is 5.16 Å². The van der Waals surface area contributed by atoms with Gasteiger partial charge in [0.1, 0.15) is 0 Å². The second-order valence-electron chi connectivity index (χ2n) is 1.52. The number of hydrogen-bond donors (Lipinski definition) is 0. The summed E-state index contributed by atoms with van der Waals surface area (Å²) in [5.74, 6) is 0. The largest absolute Gasteiger partial charge is 0.329 e. The lowest BCUT2D eigenvalue weighted by Gasteiger charge is -1.92. The summed E-state index contributed by atoms with van der Waals surface area (Å²) in [5.41, 5.74) is 0. The molecule has 0 N–H and O–H groups in total. The average Bonchev–Trinajstić information content (AvgIpc) is 2.14. The molecule has 3 heteroatoms. The number of hydrogen-bond acceptors (Lipinski definition) is 2. The smallest absolute Gasteiger partial charge is 0.167 e. The van der Waals surface area contributed by atoms with E-state index in [9.17, 15) is 0 Å². The Balaban J connectivity index is 2.92. The van der Waals surface area contributed by atoms with E-state index in [4.69, 9.17) is 0 Å². The van der Waals surface area contributed by atoms with Crippen LogP contribution in [0.4, 0.5) is 0 Å². The first-order chi connectivity index (χ1) is 3.84. The molecule has 0 spiro atoms. The topological polar surface area (TPSA) is 17.8 Å². The minimum absolute atomic E-state index is 1.06. The van der Waals surface area contributed by atoms with Crippen LogP contribution in [-0.4, -0.2) is 15.8 Å². The summed E-state index contributed by atoms with van der Waals surface area (Å²) >= 11 is 1.65. The Bertz CT molecular complexity index is 171. The van der Waals surface area contributed by atoms with Gasteiger partial charge in [-0.1, -0.05) is 11.8 Å². The summed E-state index contributed by atoms with van der Waals surface area (Å²) < 4.78 is 1.99. The van der Waals surface area contributed by atoms with Crippen LogP contribution in [0, 0.1) is 0 Å². The maximum absolute atomic E-state index is 4.06. The molecule has 0 aliphatic rings. The van der Waals surface area contributed by atoms with Crippen LogP contribution >= 0.6 is 11.8 Å². The minimum atomic E-state index is 1.06. The molecule has 0 aliphatic heterocycles. The maximum Gasteiger partial charge on any atom is 0.167 e. The molecule has 2 nitrogen and oxygen atoms in total. The SMILES string of the molecule is CSc1nccn1C. The predicted molar refractivity (Wildman–Crippen MR) is 35.0 cm³/mol. The lowest BCUT2D eigenvalue weighted by molar-refractivity contribution is 0.791. The van der Waals surface area contributed by atoms with Crippen LogP contribution in [-0.2, 0) is 7.05 Å². The predicted octanol–water partition coefficient (Wildman–Crippen LogP) is 1.14. The Morgan fingerprint density at radius 3 is 2.75 bits per heavy atom. The summed E-state index contributed by atoms with van der Waals surface area (Å²) in [6, 6.07) is 0. The van der Waals surface area contributed by atoms with E-state index in [0.29, 0.717) is 0 Å². The monoisotopic (exact) mass is 128 g/mol. The van der Waals surface area contributed by atoms with Gasteiger partial charge in [-0.25, -0.2) is 4.98 Å². The van der Waals surface area contributed by atoms with Crippen molar-refractivity contribution in [2.75, 3.05) is 6.26 Å². The van der Waals surface area contributed by atoms with E-state index in [2.05, 4.69) is 4.98 Å². The Kier molecular flexibility index (Phi) is 1.58. The van der Waals surface area contributed by atoms with Gasteiger partial charge in [0.05, 0.1) is 0 Å². The van der Waals surface area contributed by atoms with E-state index in [-0.39, 0.29) is 0 Å². The van der Waals surface area contributed by atoms with Crippen molar-refractivity contribution < 1.29 is 0 Å². The average molecular weight is 128 g/mol. The van der Waals surface area contributed by atoms with Crippen molar-refractivity contribution in [2.24, 2.45) is 7.05 Å². The van der Waals surface area contributed by atoms with Crippen LogP contribution in [0.1, 0.15) is 0 Å². The highest BCUT2D eigenvalue weighted by atomic mass is 32.2. The Hall–Kier alpha value is -0.440. The minimum Gasteiger partial charge on any atom is -0.329 e. The van der Waals surface area contributed by atoms with Gasteiger partial charge in [0.25, 0.3) is 0 Å². The molecule has 44 valence electrons. The third-order valence-electron chi connectivity index (χ3n) is 0.960. The van der Waals surface area contributed by atoms with E-state index < -0.39 is 0 Å². The van der Waals surface area contributed by atoms with Gasteiger partial charge in [0, 0.05) is 19.4 Å². The van der Waals surface area contributed by atoms with Crippen LogP contribution in [0.25, 0.3) is 0 Å². The van der Waals surface area contributed by atoms with E-state index in [0.717, 1.165) is 5.16 Å². The zero-order valence-corrected chi connectivity index (χ0v) is 5.77. The first-order valence-electron chi connectivity index (χ1n) is 2.36. The standard InChI is InChI=1S/C5H8N2S/c1-7-4-3-6-5(7)8-2/h3-4H,1-2H3. The molecule has 0 amide bonds. The van der Waals surface area contributed by atoms with E-state index >= 15 is 0 Å². The zero-order valence-electron chi connectivity index (χ0n) is 4.96. The number of imidazole rings is 1. The molecule has 0 unspecified atom stereocenters. The van der Waals surface area contributed by atoms with E-state index in [1.165, 1.54) is 0 Å². The third kappa shape index (κ3) is 0.865. The van der Waals surface area contributed by atoms with Crippen molar-refractivity contribution in [3.05, 3.63) is 12.4 Å². The maximum atomic E-state index is 4.06. The summed E-state index contributed by atoms with van der Waals surface area (Å²) in [5, 5.41) is 1.06. The number of aryl methyl sites for hydroxylation is 1. The molecule has 0 aromatic carbocycles. The number of aromatic nitrogens is 2. The molecule has 0 fully saturated rings. The number of nitrogens with zero attached hydrogens (tertiary/aromatic N) is 2. The first-order valence-corrected chi connectivity index (χ1v) is 3.58. The van der Waals surface area contributed by atoms with Gasteiger partial charge < -0.3 is 4.57 Å². The van der Waals surface area contributed by atoms with Gasteiger partial charge >= 0.3 is 0 Å². The normalized spacial score (nSPS) is 9.75. The van der Waals surface area contributed by atoms with E-state index in [1.807, 2.05) is 24.1 Å². The molecule has 0 aliphatic carbocycles. The molecule has 0 atom stereocenters. The quantitative estimate of drug-likeness (QED) is 0.528. The van der Waals surface area contributed by atoms with Crippen LogP contribution in [0.2, 0.25) is 0 Å². The van der Waals surface area contributed by atoms with Crippen LogP contribution in [0.5, 0.6) is 0 Å². The van der Waals surface area contributed by atoms with Crippen LogP contribution < -0.4 is 0 Å². The van der Waals surface area contributed by atoms with Crippen LogP contribution in [0.3, 0.4) is 0 Å². The van der Waals surface area contributed by atoms with Crippen LogP contribution in [0.15, 0.2) is 17.6 Å². The van der Waals surface area contributed by atoms with Crippen molar-refractivity contribution >= 4 is 11.8 Å². The molecular weight excluding hydrogens is 120 g/mol. The highest BCUT2D eigenvalue weighted by Gasteiger charge is 1.91. The highest BCUT2D eigenvalue weighted by molar-refractivity contribution is 7.98. The summed E-state index contributed by atoms with van der Waals surface area (Å²) in [6.45, 7) is 0. The Morgan fingerprint density at radius 2 is 2.50 bits per heavy atom. The second-order valence-corrected chi connectivity index (χ2v) is 2.30. The van der Waals surface area contributed by atoms with Crippen molar-refractivity contribution in [3.63, 3.8) is 0 Å². The Morgan fingerprint density at radius 1 is 1.75 bits per heavy atom. The molecule has 1 rings (SSSR count). The molecule has 8 heavy (non-hydrogen) atoms. The molecule has 1 aromatic heterocycles. The molecular formula is C5H8N2S. The number of thioether (sulfide) groups is 1. The Labute approximate surface area is 52.9 Å². The highest BCUT2D eigenvalue weighted by Crippen LogP contribution is 2.08. The fourth-order valence-electron chi connectivity index (χ4n) is 0.549. The third-order valence-corrected chi connectivity index (χ3v) is 1.72. The summed E-state index contributed by atoms with van der Waals surface area (Å²) in [6.07, 6.45) is 5.75. The van der Waals surface area contributed by atoms with Crippen molar-refractivity contribution in [2.45, 2.75) is 5.16 Å². The molecule has 0 bridgehead atoms. The van der Waals surface area contributed by atoms with Crippen molar-refractivity contribution in [1.82, 2.24) is 9.55 Å². The molecule has 0 saturated carbocycles. The van der Waals surface area contributed by atoms with Gasteiger partial charge in [-0.15, -0.1) is 0 Å². The summed E-state index contributed by atoms with van der Waals surface area (Å²) in [4.78, 5) is 4.06. The fraction of sp³-hybridized carbons (Fsp3) is 0.400. The second kappa shape index (κ2) is 2.22. The fourth-order valence-corrected chi connectivity index (χ4v) is 1.06. The molecule has 0 saturated heterocycles. The lowest BCUT2D eigenvalue weighted by Crippen LogP contribution is -1.85. The lowest BCUT2D eigenvalue weighted by atomic mass is 10.9. The molecule has 0 radical (unpaired) electrons. The molecule has 1 heterocycles. The molecule has 1 aromatic rings. The number of rotatable bonds is 1. The van der Waals surface area contributed by atoms with Gasteiger partial charge in [-0.2, -0.15) is 0 Å². The first kappa shape index (κ1) is 5.69. The zero-order chi connectivity index (χ0) is 5.98. The summed E-state index contributed by atoms with van der Waals surface area (Å²) in [7, 11) is 1.98. The van der Waals surface area contributed by atoms with E-state index in [1.54, 1.807) is 18.0 Å². The van der Waals surface area contributed by atoms with Crippen molar-refractivity contribution in [3.8, 4) is 0 Å². The van der Waals surface area contributed by atoms with Gasteiger partial charge in [-0.3, -0.25) is 0 Å². The van der Waals surface area contributed by atoms with Crippen molar-refractivity contribution in [1.29, 1.82) is 0 Å².